The fraction of sp³-hybridized carbons (Fsp3) is 0.459. The number of aliphatic carboxylic acids is 1. The highest BCUT2D eigenvalue weighted by Crippen LogP contribution is 2.33. The molecule has 0 saturated heterocycles. The topological polar surface area (TPSA) is 215 Å². The Bertz CT molecular complexity index is 2690. The molecule has 0 saturated carbocycles. The number of hydrogen-bond donors (Lipinski definition) is 4. The van der Waals surface area contributed by atoms with Crippen molar-refractivity contribution in [1.82, 2.24) is 15.6 Å². The number of carboxylic acids is 1. The molecule has 0 fully saturated rings. The Morgan fingerprint density at radius 2 is 1.01 bits per heavy atom. The number of anilines is 2. The number of aryl methyl sites for hydroxylation is 2. The maximum absolute atomic E-state index is 13.8. The second-order valence-corrected chi connectivity index (χ2v) is 18.6. The minimum Gasteiger partial charge on any atom is -0.481 e. The van der Waals surface area contributed by atoms with E-state index in [4.69, 9.17) is 43.0 Å². The smallest absolute Gasteiger partial charge is 0.416 e. The first-order valence-electron chi connectivity index (χ1n) is 27.8. The van der Waals surface area contributed by atoms with E-state index in [1.54, 1.807) is 18.2 Å². The van der Waals surface area contributed by atoms with Crippen molar-refractivity contribution in [3.8, 4) is 11.3 Å². The lowest BCUT2D eigenvalue weighted by atomic mass is 10.0. The largest absolute Gasteiger partial charge is 0.481 e. The predicted molar refractivity (Wildman–Crippen MR) is 304 cm³/mol. The van der Waals surface area contributed by atoms with Gasteiger partial charge < -0.3 is 63.9 Å². The molecule has 82 heavy (non-hydrogen) atoms. The quantitative estimate of drug-likeness (QED) is 0.0269. The molecule has 1 heterocycles. The van der Waals surface area contributed by atoms with Crippen molar-refractivity contribution in [2.45, 2.75) is 58.7 Å². The van der Waals surface area contributed by atoms with Gasteiger partial charge in [0.05, 0.1) is 116 Å². The molecule has 18 nitrogen and oxygen atoms in total. The van der Waals surface area contributed by atoms with Crippen LogP contribution in [0.3, 0.4) is 0 Å². The van der Waals surface area contributed by atoms with Gasteiger partial charge in [-0.25, -0.2) is 0 Å². The number of carboxylic acid groups (broad SMARTS) is 1. The highest BCUT2D eigenvalue weighted by molar-refractivity contribution is 6.06. The van der Waals surface area contributed by atoms with Crippen molar-refractivity contribution in [2.24, 2.45) is 0 Å². The third-order valence-corrected chi connectivity index (χ3v) is 12.5. The Hall–Kier alpha value is -6.82. The third kappa shape index (κ3) is 25.5. The molecule has 0 aliphatic carbocycles. The van der Waals surface area contributed by atoms with E-state index in [0.717, 1.165) is 61.3 Å². The molecule has 0 atom stereocenters. The molecular formula is C61H78F3N5O13. The van der Waals surface area contributed by atoms with Crippen molar-refractivity contribution in [3.05, 3.63) is 148 Å². The van der Waals surface area contributed by atoms with Crippen molar-refractivity contribution in [1.29, 1.82) is 0 Å². The van der Waals surface area contributed by atoms with E-state index >= 15 is 0 Å². The number of pyridine rings is 1. The Balaban J connectivity index is 0.894. The Morgan fingerprint density at radius 3 is 1.56 bits per heavy atom. The maximum Gasteiger partial charge on any atom is 0.416 e. The van der Waals surface area contributed by atoms with Gasteiger partial charge in [-0.2, -0.15) is 13.2 Å². The Kier molecular flexibility index (Phi) is 30.6. The molecule has 0 aliphatic heterocycles. The number of carbonyl (C=O) groups excluding carboxylic acids is 3. The maximum atomic E-state index is 13.8. The molecule has 0 unspecified atom stereocenters. The standard InChI is InChI=1S/C61H78F3N5O13/c1-3-69(4-2)53-18-19-55(54(44-53)56-43-51(20-22-65-56)59(73)67-45-48-12-7-17-52(42-48)61(62,63)64)68-60(74)50-16-6-11-47(41-50)14-9-25-76-29-33-80-37-39-82-35-31-78-27-23-66-58(72)49-15-5-10-46(40-49)13-8-24-75-28-32-79-36-38-81-34-30-77-26-21-57(70)71/h5-7,10-12,15-20,22,40-44H,3-4,8-9,13-14,21,23-39,45H2,1-2H3,(H,66,72)(H,67,73)(H,68,74)(H,70,71). The van der Waals surface area contributed by atoms with Gasteiger partial charge in [0.1, 0.15) is 0 Å². The monoisotopic (exact) mass is 1150 g/mol. The molecule has 1 aromatic heterocycles. The number of ether oxygens (including phenoxy) is 8. The second-order valence-electron chi connectivity index (χ2n) is 18.6. The molecule has 5 aromatic rings. The van der Waals surface area contributed by atoms with Crippen molar-refractivity contribution in [2.75, 3.05) is 136 Å². The lowest BCUT2D eigenvalue weighted by Gasteiger charge is -2.23. The average Bonchev–Trinajstić information content (AvgIpc) is 3.49. The van der Waals surface area contributed by atoms with Crippen LogP contribution in [0.4, 0.5) is 24.5 Å². The molecule has 3 amide bonds. The zero-order valence-electron chi connectivity index (χ0n) is 46.9. The summed E-state index contributed by atoms with van der Waals surface area (Å²) in [5.74, 6) is -1.88. The van der Waals surface area contributed by atoms with Gasteiger partial charge >= 0.3 is 12.1 Å². The van der Waals surface area contributed by atoms with Crippen LogP contribution < -0.4 is 20.9 Å². The van der Waals surface area contributed by atoms with Gasteiger partial charge in [-0.1, -0.05) is 36.4 Å². The van der Waals surface area contributed by atoms with Crippen LogP contribution in [-0.2, 0) is 68.3 Å². The first-order chi connectivity index (χ1) is 39.8. The highest BCUT2D eigenvalue weighted by Gasteiger charge is 2.30. The first-order valence-corrected chi connectivity index (χ1v) is 27.8. The van der Waals surface area contributed by atoms with Crippen LogP contribution in [0.1, 0.15) is 86.4 Å². The number of carbonyl (C=O) groups is 4. The van der Waals surface area contributed by atoms with Crippen molar-refractivity contribution < 1.29 is 75.4 Å². The lowest BCUT2D eigenvalue weighted by molar-refractivity contribution is -0.139. The van der Waals surface area contributed by atoms with Gasteiger partial charge in [-0.15, -0.1) is 0 Å². The molecule has 0 spiro atoms. The van der Waals surface area contributed by atoms with E-state index in [-0.39, 0.29) is 37.0 Å². The number of nitrogens with zero attached hydrogens (tertiary/aromatic N) is 2. The van der Waals surface area contributed by atoms with Gasteiger partial charge in [0, 0.05) is 73.5 Å². The fourth-order valence-electron chi connectivity index (χ4n) is 8.21. The number of hydrogen-bond acceptors (Lipinski definition) is 14. The Labute approximate surface area is 478 Å². The average molecular weight is 1150 g/mol. The highest BCUT2D eigenvalue weighted by atomic mass is 19.4. The van der Waals surface area contributed by atoms with E-state index in [2.05, 4.69) is 25.8 Å². The van der Waals surface area contributed by atoms with Crippen LogP contribution in [0.2, 0.25) is 0 Å². The number of aromatic nitrogens is 1. The van der Waals surface area contributed by atoms with E-state index in [1.807, 2.05) is 68.4 Å². The van der Waals surface area contributed by atoms with E-state index in [1.165, 1.54) is 24.4 Å². The summed E-state index contributed by atoms with van der Waals surface area (Å²) < 4.78 is 84.1. The molecule has 0 radical (unpaired) electrons. The van der Waals surface area contributed by atoms with Gasteiger partial charge in [0.15, 0.2) is 0 Å². The summed E-state index contributed by atoms with van der Waals surface area (Å²) in [6, 6.07) is 28.5. The summed E-state index contributed by atoms with van der Waals surface area (Å²) in [6.45, 7) is 12.3. The van der Waals surface area contributed by atoms with Crippen LogP contribution in [0.25, 0.3) is 11.3 Å². The van der Waals surface area contributed by atoms with Gasteiger partial charge in [-0.3, -0.25) is 24.2 Å². The lowest BCUT2D eigenvalue weighted by Crippen LogP contribution is -2.27. The predicted octanol–water partition coefficient (Wildman–Crippen LogP) is 8.70. The zero-order chi connectivity index (χ0) is 58.6. The number of amides is 3. The third-order valence-electron chi connectivity index (χ3n) is 12.5. The molecule has 21 heteroatoms. The van der Waals surface area contributed by atoms with Crippen molar-refractivity contribution >= 4 is 35.1 Å². The van der Waals surface area contributed by atoms with E-state index in [9.17, 15) is 32.3 Å². The summed E-state index contributed by atoms with van der Waals surface area (Å²) in [5, 5.41) is 17.2. The number of nitrogens with one attached hydrogen (secondary N) is 3. The molecule has 0 aliphatic rings. The first kappa shape index (κ1) is 66.0. The van der Waals surface area contributed by atoms with Gasteiger partial charge in [-0.05, 0) is 123 Å². The van der Waals surface area contributed by atoms with Crippen LogP contribution in [0.15, 0.2) is 109 Å². The number of halogens is 3. The molecule has 446 valence electrons. The summed E-state index contributed by atoms with van der Waals surface area (Å²) in [6.07, 6.45) is -0.0598. The van der Waals surface area contributed by atoms with Gasteiger partial charge in [0.2, 0.25) is 0 Å². The summed E-state index contributed by atoms with van der Waals surface area (Å²) in [7, 11) is 0. The number of benzene rings is 4. The SMILES string of the molecule is CCN(CC)c1ccc(NC(=O)c2cccc(CCCOCCOCCOCCOCCNC(=O)c3cccc(CCCOCCOCCOCCOCCC(=O)O)c3)c2)c(-c2cc(C(=O)NCc3cccc(C(F)(F)F)c3)ccn2)c1. The molecule has 4 aromatic carbocycles. The fourth-order valence-corrected chi connectivity index (χ4v) is 8.21. The normalized spacial score (nSPS) is 11.4. The van der Waals surface area contributed by atoms with Crippen LogP contribution in [0, 0.1) is 0 Å². The molecule has 5 rings (SSSR count). The molecular weight excluding hydrogens is 1070 g/mol. The molecule has 4 N–H and O–H groups in total. The van der Waals surface area contributed by atoms with Crippen LogP contribution >= 0.6 is 0 Å². The molecule has 0 bridgehead atoms. The van der Waals surface area contributed by atoms with Crippen molar-refractivity contribution in [3.63, 3.8) is 0 Å². The summed E-state index contributed by atoms with van der Waals surface area (Å²) in [4.78, 5) is 56.9. The van der Waals surface area contributed by atoms with Crippen LogP contribution in [-0.4, -0.2) is 159 Å². The van der Waals surface area contributed by atoms with E-state index in [0.29, 0.717) is 146 Å². The number of alkyl halides is 3. The minimum atomic E-state index is -4.50. The zero-order valence-corrected chi connectivity index (χ0v) is 46.9. The number of rotatable bonds is 42. The van der Waals surface area contributed by atoms with Crippen LogP contribution in [0.5, 0.6) is 0 Å². The van der Waals surface area contributed by atoms with Gasteiger partial charge in [0.25, 0.3) is 17.7 Å². The summed E-state index contributed by atoms with van der Waals surface area (Å²) >= 11 is 0. The van der Waals surface area contributed by atoms with E-state index < -0.39 is 23.6 Å². The minimum absolute atomic E-state index is 0.0246. The summed E-state index contributed by atoms with van der Waals surface area (Å²) in [5.41, 5.74) is 5.22. The second kappa shape index (κ2) is 38.0. The Morgan fingerprint density at radius 1 is 0.524 bits per heavy atom.